The maximum Gasteiger partial charge on any atom is 0.0714 e. The lowest BCUT2D eigenvalue weighted by Crippen LogP contribution is -2.30. The van der Waals surface area contributed by atoms with E-state index in [1.165, 1.54) is 83.5 Å². The monoisotopic (exact) mass is 893 g/mol. The number of nitrogens with zero attached hydrogens (tertiary/aromatic N) is 1. The van der Waals surface area contributed by atoms with Crippen LogP contribution in [0.2, 0.25) is 0 Å². The van der Waals surface area contributed by atoms with E-state index in [0.29, 0.717) is 0 Å². The van der Waals surface area contributed by atoms with E-state index in [9.17, 15) is 0 Å². The van der Waals surface area contributed by atoms with E-state index >= 15 is 0 Å². The van der Waals surface area contributed by atoms with Crippen molar-refractivity contribution in [2.24, 2.45) is 0 Å². The number of hydrogen-bond donors (Lipinski definition) is 0. The van der Waals surface area contributed by atoms with Crippen LogP contribution in [0.1, 0.15) is 124 Å². The van der Waals surface area contributed by atoms with Gasteiger partial charge in [-0.3, -0.25) is 0 Å². The Kier molecular flexibility index (Phi) is 10.4. The molecule has 0 N–H and O–H groups in total. The number of rotatable bonds is 7. The summed E-state index contributed by atoms with van der Waals surface area (Å²) in [7, 11) is 0. The van der Waals surface area contributed by atoms with Crippen LogP contribution < -0.4 is 4.90 Å². The molecule has 69 heavy (non-hydrogen) atoms. The third-order valence-electron chi connectivity index (χ3n) is 15.3. The molecule has 1 heteroatoms. The van der Waals surface area contributed by atoms with Crippen molar-refractivity contribution >= 4 is 17.1 Å². The molecule has 0 saturated carbocycles. The zero-order chi connectivity index (χ0) is 47.9. The van der Waals surface area contributed by atoms with Gasteiger partial charge in [-0.25, -0.2) is 0 Å². The first-order valence-electron chi connectivity index (χ1n) is 24.8. The zero-order valence-electron chi connectivity index (χ0n) is 41.7. The Hall–Kier alpha value is -7.22. The van der Waals surface area contributed by atoms with Gasteiger partial charge >= 0.3 is 0 Å². The number of anilines is 3. The number of hydrogen-bond acceptors (Lipinski definition) is 1. The molecule has 0 bridgehead atoms. The predicted molar refractivity (Wildman–Crippen MR) is 292 cm³/mol. The fourth-order valence-corrected chi connectivity index (χ4v) is 11.8. The average Bonchev–Trinajstić information content (AvgIpc) is 3.82. The smallest absolute Gasteiger partial charge is 0.0714 e. The molecule has 1 nitrogen and oxygen atoms in total. The Bertz CT molecular complexity index is 3300. The first kappa shape index (κ1) is 44.3. The summed E-state index contributed by atoms with van der Waals surface area (Å²) in [6, 6.07) is 83.3. The minimum absolute atomic E-state index is 0.0213. The molecule has 340 valence electrons. The molecule has 0 fully saturated rings. The molecular weight excluding hydrogens is 831 g/mol. The van der Waals surface area contributed by atoms with Gasteiger partial charge in [-0.05, 0) is 136 Å². The van der Waals surface area contributed by atoms with Gasteiger partial charge in [-0.15, -0.1) is 0 Å². The molecule has 9 aromatic rings. The van der Waals surface area contributed by atoms with E-state index < -0.39 is 10.8 Å². The third-order valence-corrected chi connectivity index (χ3v) is 15.3. The van der Waals surface area contributed by atoms with Crippen LogP contribution in [0.25, 0.3) is 22.3 Å². The lowest BCUT2D eigenvalue weighted by molar-refractivity contribution is 0.587. The largest absolute Gasteiger partial charge is 0.310 e. The zero-order valence-corrected chi connectivity index (χ0v) is 41.7. The number of para-hydroxylation sites is 1. The van der Waals surface area contributed by atoms with E-state index in [1.54, 1.807) is 0 Å². The van der Waals surface area contributed by atoms with Gasteiger partial charge in [0.1, 0.15) is 0 Å². The van der Waals surface area contributed by atoms with Crippen molar-refractivity contribution < 1.29 is 0 Å². The molecule has 0 radical (unpaired) electrons. The van der Waals surface area contributed by atoms with Crippen LogP contribution >= 0.6 is 0 Å². The maximum atomic E-state index is 2.51. The van der Waals surface area contributed by atoms with Crippen LogP contribution in [0.15, 0.2) is 218 Å². The van der Waals surface area contributed by atoms with Crippen LogP contribution in [0.3, 0.4) is 0 Å². The quantitative estimate of drug-likeness (QED) is 0.154. The molecule has 2 aliphatic carbocycles. The maximum absolute atomic E-state index is 2.51. The predicted octanol–water partition coefficient (Wildman–Crippen LogP) is 17.8. The van der Waals surface area contributed by atoms with Gasteiger partial charge in [0.05, 0.1) is 10.8 Å². The summed E-state index contributed by atoms with van der Waals surface area (Å²) < 4.78 is 0. The number of fused-ring (bicyclic) bond motifs is 6. The van der Waals surface area contributed by atoms with E-state index in [1.807, 2.05) is 0 Å². The summed E-state index contributed by atoms with van der Waals surface area (Å²) in [6.07, 6.45) is 0. The van der Waals surface area contributed by atoms with E-state index in [4.69, 9.17) is 0 Å². The summed E-state index contributed by atoms with van der Waals surface area (Å²) in [5.74, 6) is 0. The second kappa shape index (κ2) is 16.2. The SMILES string of the molecule is CC(C)(C)c1ccc(C2(c3ccc(C(C)(C)C)cc3)c3ccccc3-c3ccc(N(c4ccccc4)c4ccc5c(c4)C(c4ccccc4)(c4cccc(C(C)(C)C)c4)c4ccccc4-5)cc32)cc1. The molecule has 11 rings (SSSR count). The fourth-order valence-electron chi connectivity index (χ4n) is 11.8. The molecule has 1 unspecified atom stereocenters. The van der Waals surface area contributed by atoms with Crippen molar-refractivity contribution in [3.8, 4) is 22.3 Å². The minimum atomic E-state index is -0.572. The molecule has 0 spiro atoms. The van der Waals surface area contributed by atoms with Crippen molar-refractivity contribution in [3.63, 3.8) is 0 Å². The summed E-state index contributed by atoms with van der Waals surface area (Å²) in [5.41, 5.74) is 21.6. The molecule has 2 aliphatic rings. The first-order chi connectivity index (χ1) is 33.1. The molecular formula is C68H63N. The van der Waals surface area contributed by atoms with Gasteiger partial charge in [0, 0.05) is 17.1 Å². The van der Waals surface area contributed by atoms with Gasteiger partial charge < -0.3 is 4.90 Å². The topological polar surface area (TPSA) is 3.24 Å². The lowest BCUT2D eigenvalue weighted by atomic mass is 9.66. The van der Waals surface area contributed by atoms with Gasteiger partial charge in [-0.1, -0.05) is 244 Å². The van der Waals surface area contributed by atoms with Gasteiger partial charge in [-0.2, -0.15) is 0 Å². The van der Waals surface area contributed by atoms with E-state index in [2.05, 4.69) is 286 Å². The summed E-state index contributed by atoms with van der Waals surface area (Å²) >= 11 is 0. The van der Waals surface area contributed by atoms with Gasteiger partial charge in [0.2, 0.25) is 0 Å². The molecule has 0 aliphatic heterocycles. The van der Waals surface area contributed by atoms with Crippen molar-refractivity contribution in [3.05, 3.63) is 280 Å². The summed E-state index contributed by atoms with van der Waals surface area (Å²) in [6.45, 7) is 20.8. The lowest BCUT2D eigenvalue weighted by Gasteiger charge is -2.36. The normalized spacial score (nSPS) is 15.8. The Balaban J connectivity index is 1.18. The Morgan fingerprint density at radius 3 is 1.10 bits per heavy atom. The molecule has 9 aromatic carbocycles. The summed E-state index contributed by atoms with van der Waals surface area (Å²) in [5, 5.41) is 0. The van der Waals surface area contributed by atoms with Crippen LogP contribution in [-0.4, -0.2) is 0 Å². The van der Waals surface area contributed by atoms with Crippen molar-refractivity contribution in [2.45, 2.75) is 89.4 Å². The van der Waals surface area contributed by atoms with Crippen LogP contribution in [0.4, 0.5) is 17.1 Å². The molecule has 0 amide bonds. The fraction of sp³-hybridized carbons (Fsp3) is 0.206. The van der Waals surface area contributed by atoms with Crippen molar-refractivity contribution in [1.82, 2.24) is 0 Å². The highest BCUT2D eigenvalue weighted by atomic mass is 15.1. The van der Waals surface area contributed by atoms with Crippen LogP contribution in [0, 0.1) is 0 Å². The molecule has 1 atom stereocenters. The first-order valence-corrected chi connectivity index (χ1v) is 24.8. The Labute approximate surface area is 411 Å². The van der Waals surface area contributed by atoms with E-state index in [-0.39, 0.29) is 16.2 Å². The molecule has 0 saturated heterocycles. The highest BCUT2D eigenvalue weighted by molar-refractivity contribution is 5.92. The molecule has 0 aromatic heterocycles. The van der Waals surface area contributed by atoms with Gasteiger partial charge in [0.25, 0.3) is 0 Å². The molecule has 0 heterocycles. The van der Waals surface area contributed by atoms with Crippen LogP contribution in [-0.2, 0) is 27.1 Å². The van der Waals surface area contributed by atoms with Crippen LogP contribution in [0.5, 0.6) is 0 Å². The minimum Gasteiger partial charge on any atom is -0.310 e. The Morgan fingerprint density at radius 2 is 0.638 bits per heavy atom. The second-order valence-corrected chi connectivity index (χ2v) is 22.6. The van der Waals surface area contributed by atoms with Gasteiger partial charge in [0.15, 0.2) is 0 Å². The highest BCUT2D eigenvalue weighted by Crippen LogP contribution is 2.60. The van der Waals surface area contributed by atoms with Crippen molar-refractivity contribution in [2.75, 3.05) is 4.90 Å². The second-order valence-electron chi connectivity index (χ2n) is 22.6. The Morgan fingerprint density at radius 1 is 0.261 bits per heavy atom. The number of benzene rings is 9. The summed E-state index contributed by atoms with van der Waals surface area (Å²) in [4.78, 5) is 2.49. The highest BCUT2D eigenvalue weighted by Gasteiger charge is 2.48. The average molecular weight is 894 g/mol. The van der Waals surface area contributed by atoms with Crippen molar-refractivity contribution in [1.29, 1.82) is 0 Å². The third kappa shape index (κ3) is 7.03. The van der Waals surface area contributed by atoms with E-state index in [0.717, 1.165) is 17.1 Å². The standard InChI is InChI=1S/C68H63N/c1-64(2,3)46-31-35-49(36-32-46)67(50-37-33-47(34-38-50)65(4,5)6)60-29-18-16-27-56(60)58-41-39-54(44-62(58)67)69(53-25-14-11-15-26-53)55-40-42-59-57-28-17-19-30-61(57)68(63(59)45-55,48-21-12-10-13-22-48)52-24-20-23-51(43-52)66(7,8)9/h10-45H,1-9H3.